The van der Waals surface area contributed by atoms with E-state index < -0.39 is 0 Å². The highest BCUT2D eigenvalue weighted by molar-refractivity contribution is 9.10. The number of amides is 3. The topological polar surface area (TPSA) is 83.7 Å². The number of hydrogen-bond acceptors (Lipinski definition) is 4. The highest BCUT2D eigenvalue weighted by Gasteiger charge is 2.35. The van der Waals surface area contributed by atoms with Crippen LogP contribution in [-0.2, 0) is 4.79 Å². The lowest BCUT2D eigenvalue weighted by Crippen LogP contribution is -2.45. The predicted molar refractivity (Wildman–Crippen MR) is 99.8 cm³/mol. The zero-order valence-electron chi connectivity index (χ0n) is 13.7. The van der Waals surface area contributed by atoms with Crippen LogP contribution in [0.1, 0.15) is 46.4 Å². The van der Waals surface area contributed by atoms with Crippen molar-refractivity contribution in [2.75, 3.05) is 19.6 Å². The van der Waals surface area contributed by atoms with Gasteiger partial charge < -0.3 is 10.6 Å². The number of nitrogens with zero attached hydrogens (tertiary/aromatic N) is 2. The van der Waals surface area contributed by atoms with Crippen LogP contribution in [0.15, 0.2) is 22.7 Å². The van der Waals surface area contributed by atoms with Crippen LogP contribution in [0.3, 0.4) is 0 Å². The molecule has 0 spiro atoms. The molecular weight excluding hydrogens is 410 g/mol. The maximum absolute atomic E-state index is 12.4. The molecule has 2 heterocycles. The summed E-state index contributed by atoms with van der Waals surface area (Å²) in [4.78, 5) is 39.9. The first-order valence-electron chi connectivity index (χ1n) is 8.16. The largest absolute Gasteiger partial charge is 0.341 e. The average molecular weight is 431 g/mol. The number of carbonyl (C=O) groups is 3. The first kappa shape index (κ1) is 19.9. The number of fused-ring (bicyclic) bond motifs is 1. The molecule has 1 unspecified atom stereocenters. The van der Waals surface area contributed by atoms with Gasteiger partial charge in [-0.2, -0.15) is 0 Å². The van der Waals surface area contributed by atoms with Crippen molar-refractivity contribution < 1.29 is 14.4 Å². The second kappa shape index (κ2) is 8.29. The predicted octanol–water partition coefficient (Wildman–Crippen LogP) is 2.20. The van der Waals surface area contributed by atoms with E-state index in [4.69, 9.17) is 5.73 Å². The van der Waals surface area contributed by atoms with Gasteiger partial charge in [0.25, 0.3) is 11.8 Å². The Balaban J connectivity index is 0.00000225. The summed E-state index contributed by atoms with van der Waals surface area (Å²) in [5, 5.41) is 0. The molecule has 1 fully saturated rings. The van der Waals surface area contributed by atoms with Gasteiger partial charge in [-0.1, -0.05) is 15.9 Å². The van der Waals surface area contributed by atoms with E-state index in [-0.39, 0.29) is 42.7 Å². The fraction of sp³-hybridized carbons (Fsp3) is 0.471. The van der Waals surface area contributed by atoms with Gasteiger partial charge in [-0.3, -0.25) is 19.3 Å². The van der Waals surface area contributed by atoms with Crippen molar-refractivity contribution in [3.05, 3.63) is 33.8 Å². The third-order valence-corrected chi connectivity index (χ3v) is 5.01. The molecule has 1 aromatic rings. The fourth-order valence-electron chi connectivity index (χ4n) is 3.25. The second-order valence-corrected chi connectivity index (χ2v) is 7.21. The molecule has 0 aromatic heterocycles. The average Bonchev–Trinajstić information content (AvgIpc) is 2.79. The van der Waals surface area contributed by atoms with Gasteiger partial charge >= 0.3 is 0 Å². The van der Waals surface area contributed by atoms with Crippen molar-refractivity contribution in [1.29, 1.82) is 0 Å². The molecule has 1 atom stereocenters. The van der Waals surface area contributed by atoms with Crippen LogP contribution in [0.4, 0.5) is 0 Å². The summed E-state index contributed by atoms with van der Waals surface area (Å²) < 4.78 is 0.765. The number of piperidine rings is 1. The Labute approximate surface area is 161 Å². The van der Waals surface area contributed by atoms with Gasteiger partial charge in [0.2, 0.25) is 5.91 Å². The van der Waals surface area contributed by atoms with Crippen LogP contribution in [-0.4, -0.2) is 53.2 Å². The second-order valence-electron chi connectivity index (χ2n) is 6.30. The monoisotopic (exact) mass is 429 g/mol. The summed E-state index contributed by atoms with van der Waals surface area (Å²) in [6, 6.07) is 5.12. The number of nitrogens with two attached hydrogens (primary N) is 1. The van der Waals surface area contributed by atoms with E-state index in [0.29, 0.717) is 30.5 Å². The van der Waals surface area contributed by atoms with E-state index in [2.05, 4.69) is 15.9 Å². The van der Waals surface area contributed by atoms with Crippen molar-refractivity contribution in [3.8, 4) is 0 Å². The molecule has 0 saturated carbocycles. The lowest BCUT2D eigenvalue weighted by atomic mass is 10.1. The van der Waals surface area contributed by atoms with E-state index in [1.165, 1.54) is 4.90 Å². The molecule has 3 rings (SSSR count). The van der Waals surface area contributed by atoms with Crippen LogP contribution in [0.5, 0.6) is 0 Å². The van der Waals surface area contributed by atoms with Crippen molar-refractivity contribution in [1.82, 2.24) is 9.80 Å². The number of likely N-dealkylation sites (tertiary alicyclic amines) is 1. The normalized spacial score (nSPS) is 19.7. The summed E-state index contributed by atoms with van der Waals surface area (Å²) in [7, 11) is 0. The van der Waals surface area contributed by atoms with Gasteiger partial charge in [0.15, 0.2) is 0 Å². The van der Waals surface area contributed by atoms with E-state index in [0.717, 1.165) is 23.9 Å². The molecule has 2 N–H and O–H groups in total. The molecule has 2 aliphatic rings. The third-order valence-electron chi connectivity index (χ3n) is 4.52. The van der Waals surface area contributed by atoms with E-state index in [1.54, 1.807) is 23.1 Å². The lowest BCUT2D eigenvalue weighted by molar-refractivity contribution is -0.132. The van der Waals surface area contributed by atoms with Gasteiger partial charge in [0, 0.05) is 36.6 Å². The number of halogens is 2. The van der Waals surface area contributed by atoms with Crippen molar-refractivity contribution in [2.24, 2.45) is 5.73 Å². The Bertz CT molecular complexity index is 698. The maximum Gasteiger partial charge on any atom is 0.261 e. The summed E-state index contributed by atoms with van der Waals surface area (Å²) in [5.74, 6) is -0.525. The van der Waals surface area contributed by atoms with Gasteiger partial charge in [-0.15, -0.1) is 12.4 Å². The fourth-order valence-corrected chi connectivity index (χ4v) is 3.61. The standard InChI is InChI=1S/C17H20BrN3O3.ClH/c18-11-5-6-13-14(9-11)17(24)21(16(13)23)8-2-4-15(22)20-7-1-3-12(19)10-20;/h5-6,9,12H,1-4,7-8,10,19H2;1H. The first-order chi connectivity index (χ1) is 11.5. The minimum atomic E-state index is -0.288. The Morgan fingerprint density at radius 1 is 1.24 bits per heavy atom. The first-order valence-corrected chi connectivity index (χ1v) is 8.96. The molecule has 1 saturated heterocycles. The molecular formula is C17H21BrClN3O3. The quantitative estimate of drug-likeness (QED) is 0.742. The zero-order chi connectivity index (χ0) is 17.3. The van der Waals surface area contributed by atoms with Crippen LogP contribution < -0.4 is 5.73 Å². The number of carbonyl (C=O) groups excluding carboxylic acids is 3. The van der Waals surface area contributed by atoms with Gasteiger partial charge in [-0.05, 0) is 37.5 Å². The molecule has 2 aliphatic heterocycles. The Morgan fingerprint density at radius 3 is 2.68 bits per heavy atom. The molecule has 25 heavy (non-hydrogen) atoms. The number of hydrogen-bond donors (Lipinski definition) is 1. The summed E-state index contributed by atoms with van der Waals surface area (Å²) >= 11 is 3.31. The number of benzene rings is 1. The van der Waals surface area contributed by atoms with E-state index in [1.807, 2.05) is 0 Å². The van der Waals surface area contributed by atoms with Crippen molar-refractivity contribution >= 4 is 46.1 Å². The third kappa shape index (κ3) is 4.22. The maximum atomic E-state index is 12.4. The Morgan fingerprint density at radius 2 is 1.96 bits per heavy atom. The molecule has 6 nitrogen and oxygen atoms in total. The van der Waals surface area contributed by atoms with Gasteiger partial charge in [0.05, 0.1) is 11.1 Å². The number of rotatable bonds is 4. The SMILES string of the molecule is Cl.NC1CCCN(C(=O)CCCN2C(=O)c3ccc(Br)cc3C2=O)C1. The van der Waals surface area contributed by atoms with Crippen LogP contribution in [0, 0.1) is 0 Å². The molecule has 8 heteroatoms. The van der Waals surface area contributed by atoms with Crippen LogP contribution in [0.2, 0.25) is 0 Å². The van der Waals surface area contributed by atoms with Crippen LogP contribution >= 0.6 is 28.3 Å². The minimum absolute atomic E-state index is 0. The summed E-state index contributed by atoms with van der Waals surface area (Å²) in [6.07, 6.45) is 2.68. The van der Waals surface area contributed by atoms with Crippen molar-refractivity contribution in [3.63, 3.8) is 0 Å². The van der Waals surface area contributed by atoms with Crippen molar-refractivity contribution in [2.45, 2.75) is 31.7 Å². The van der Waals surface area contributed by atoms with Crippen LogP contribution in [0.25, 0.3) is 0 Å². The summed E-state index contributed by atoms with van der Waals surface area (Å²) in [5.41, 5.74) is 6.74. The Hall–Kier alpha value is -1.44. The molecule has 1 aromatic carbocycles. The van der Waals surface area contributed by atoms with Gasteiger partial charge in [0.1, 0.15) is 0 Å². The lowest BCUT2D eigenvalue weighted by Gasteiger charge is -2.31. The molecule has 0 aliphatic carbocycles. The molecule has 0 radical (unpaired) electrons. The molecule has 136 valence electrons. The zero-order valence-corrected chi connectivity index (χ0v) is 16.1. The van der Waals surface area contributed by atoms with E-state index >= 15 is 0 Å². The highest BCUT2D eigenvalue weighted by Crippen LogP contribution is 2.26. The molecule has 3 amide bonds. The van der Waals surface area contributed by atoms with E-state index in [9.17, 15) is 14.4 Å². The smallest absolute Gasteiger partial charge is 0.261 e. The highest BCUT2D eigenvalue weighted by atomic mass is 79.9. The molecule has 0 bridgehead atoms. The Kier molecular flexibility index (Phi) is 6.59. The minimum Gasteiger partial charge on any atom is -0.341 e. The summed E-state index contributed by atoms with van der Waals surface area (Å²) in [6.45, 7) is 1.60. The van der Waals surface area contributed by atoms with Gasteiger partial charge in [-0.25, -0.2) is 0 Å². The number of imide groups is 1.